The maximum absolute atomic E-state index is 12.3. The predicted molar refractivity (Wildman–Crippen MR) is 68.8 cm³/mol. The second-order valence-electron chi connectivity index (χ2n) is 4.30. The molecule has 100 valence electrons. The van der Waals surface area contributed by atoms with Gasteiger partial charge in [-0.2, -0.15) is 0 Å². The molecule has 0 fully saturated rings. The molecule has 1 aromatic heterocycles. The number of nitrogens with one attached hydrogen (secondary N) is 1. The lowest BCUT2D eigenvalue weighted by atomic mass is 10.3. The van der Waals surface area contributed by atoms with Crippen LogP contribution in [0.2, 0.25) is 0 Å². The molecule has 2 heterocycles. The van der Waals surface area contributed by atoms with Crippen LogP contribution in [-0.2, 0) is 11.3 Å². The van der Waals surface area contributed by atoms with Crippen molar-refractivity contribution in [2.24, 2.45) is 0 Å². The molecule has 0 radical (unpaired) electrons. The molecule has 1 aromatic rings. The molecule has 0 atom stereocenters. The van der Waals surface area contributed by atoms with Crippen LogP contribution in [0.25, 0.3) is 0 Å². The fraction of sp³-hybridized carbons (Fsp3) is 0.667. The molecule has 0 aliphatic carbocycles. The number of nitrogens with zero attached hydrogens (tertiary/aromatic N) is 3. The number of ether oxygens (including phenoxy) is 1. The van der Waals surface area contributed by atoms with Gasteiger partial charge in [-0.25, -0.2) is 4.98 Å². The largest absolute Gasteiger partial charge is 0.383 e. The van der Waals surface area contributed by atoms with Crippen LogP contribution in [0.4, 0.5) is 5.95 Å². The normalized spacial score (nSPS) is 13.9. The van der Waals surface area contributed by atoms with Crippen molar-refractivity contribution in [3.63, 3.8) is 0 Å². The molecule has 0 saturated heterocycles. The van der Waals surface area contributed by atoms with E-state index in [-0.39, 0.29) is 5.91 Å². The first-order valence-electron chi connectivity index (χ1n) is 6.35. The van der Waals surface area contributed by atoms with Crippen LogP contribution >= 0.6 is 0 Å². The number of carbonyl (C=O) groups is 1. The van der Waals surface area contributed by atoms with Gasteiger partial charge in [-0.1, -0.05) is 0 Å². The average Bonchev–Trinajstić information content (AvgIpc) is 2.83. The van der Waals surface area contributed by atoms with Crippen molar-refractivity contribution in [2.75, 3.05) is 38.7 Å². The summed E-state index contributed by atoms with van der Waals surface area (Å²) in [6, 6.07) is 0. The van der Waals surface area contributed by atoms with Gasteiger partial charge in [-0.05, 0) is 13.3 Å². The van der Waals surface area contributed by atoms with Crippen LogP contribution in [0, 0.1) is 0 Å². The molecule has 2 rings (SSSR count). The van der Waals surface area contributed by atoms with Crippen LogP contribution in [0.1, 0.15) is 23.8 Å². The van der Waals surface area contributed by atoms with E-state index in [2.05, 4.69) is 10.3 Å². The summed E-state index contributed by atoms with van der Waals surface area (Å²) >= 11 is 0. The average molecular weight is 252 g/mol. The highest BCUT2D eigenvalue weighted by atomic mass is 16.5. The Kier molecular flexibility index (Phi) is 4.19. The van der Waals surface area contributed by atoms with E-state index in [4.69, 9.17) is 4.74 Å². The van der Waals surface area contributed by atoms with Crippen molar-refractivity contribution in [1.82, 2.24) is 14.5 Å². The van der Waals surface area contributed by atoms with E-state index in [1.54, 1.807) is 12.0 Å². The lowest BCUT2D eigenvalue weighted by Crippen LogP contribution is -2.33. The highest BCUT2D eigenvalue weighted by Crippen LogP contribution is 2.15. The molecule has 0 aromatic carbocycles. The van der Waals surface area contributed by atoms with Gasteiger partial charge < -0.3 is 19.5 Å². The number of likely N-dealkylation sites (N-methyl/N-ethyl adjacent to an activating group) is 1. The Hall–Kier alpha value is -1.56. The smallest absolute Gasteiger partial charge is 0.274 e. The van der Waals surface area contributed by atoms with E-state index in [9.17, 15) is 4.79 Å². The first-order valence-corrected chi connectivity index (χ1v) is 6.35. The van der Waals surface area contributed by atoms with Crippen LogP contribution in [0.15, 0.2) is 6.20 Å². The number of carbonyl (C=O) groups excluding carboxylic acids is 1. The summed E-state index contributed by atoms with van der Waals surface area (Å²) in [5.74, 6) is 0.769. The van der Waals surface area contributed by atoms with Crippen molar-refractivity contribution in [2.45, 2.75) is 19.9 Å². The van der Waals surface area contributed by atoms with Gasteiger partial charge in [0, 0.05) is 39.5 Å². The SMILES string of the molecule is CCN(CCOC)C(=O)c1cn2c(n1)NCCC2. The lowest BCUT2D eigenvalue weighted by molar-refractivity contribution is 0.0701. The standard InChI is InChI=1S/C12H20N4O2/c1-3-15(7-8-18-2)11(17)10-9-16-6-4-5-13-12(16)14-10/h9H,3-8H2,1-2H3,(H,13,14). The maximum Gasteiger partial charge on any atom is 0.274 e. The molecular weight excluding hydrogens is 232 g/mol. The van der Waals surface area contributed by atoms with E-state index < -0.39 is 0 Å². The van der Waals surface area contributed by atoms with Gasteiger partial charge in [0.2, 0.25) is 5.95 Å². The van der Waals surface area contributed by atoms with Gasteiger partial charge in [0.15, 0.2) is 0 Å². The van der Waals surface area contributed by atoms with Gasteiger partial charge in [-0.15, -0.1) is 0 Å². The Morgan fingerprint density at radius 1 is 1.67 bits per heavy atom. The quantitative estimate of drug-likeness (QED) is 0.842. The van der Waals surface area contributed by atoms with Crippen LogP contribution in [0.3, 0.4) is 0 Å². The number of aromatic nitrogens is 2. The highest BCUT2D eigenvalue weighted by molar-refractivity contribution is 5.92. The molecule has 18 heavy (non-hydrogen) atoms. The second-order valence-corrected chi connectivity index (χ2v) is 4.30. The lowest BCUT2D eigenvalue weighted by Gasteiger charge is -2.18. The molecule has 1 N–H and O–H groups in total. The van der Waals surface area contributed by atoms with Crippen LogP contribution in [0.5, 0.6) is 0 Å². The third-order valence-electron chi connectivity index (χ3n) is 3.09. The number of hydrogen-bond acceptors (Lipinski definition) is 4. The summed E-state index contributed by atoms with van der Waals surface area (Å²) in [5.41, 5.74) is 0.511. The van der Waals surface area contributed by atoms with Gasteiger partial charge in [0.05, 0.1) is 6.61 Å². The molecule has 0 spiro atoms. The fourth-order valence-electron chi connectivity index (χ4n) is 2.05. The first kappa shape index (κ1) is 12.9. The Morgan fingerprint density at radius 3 is 3.17 bits per heavy atom. The number of rotatable bonds is 5. The van der Waals surface area contributed by atoms with Gasteiger partial charge in [0.25, 0.3) is 5.91 Å². The Balaban J connectivity index is 2.09. The maximum atomic E-state index is 12.3. The summed E-state index contributed by atoms with van der Waals surface area (Å²) < 4.78 is 7.01. The van der Waals surface area contributed by atoms with Crippen molar-refractivity contribution in [3.8, 4) is 0 Å². The Bertz CT molecular complexity index is 393. The number of methoxy groups -OCH3 is 1. The number of amides is 1. The number of anilines is 1. The minimum absolute atomic E-state index is 0.0294. The molecule has 1 aliphatic rings. The third-order valence-corrected chi connectivity index (χ3v) is 3.09. The van der Waals surface area contributed by atoms with E-state index in [0.29, 0.717) is 25.4 Å². The summed E-state index contributed by atoms with van der Waals surface area (Å²) in [5, 5.41) is 3.19. The third kappa shape index (κ3) is 2.64. The molecule has 1 amide bonds. The molecule has 6 heteroatoms. The minimum atomic E-state index is -0.0294. The van der Waals surface area contributed by atoms with Crippen molar-refractivity contribution in [3.05, 3.63) is 11.9 Å². The zero-order valence-electron chi connectivity index (χ0n) is 11.0. The van der Waals surface area contributed by atoms with Crippen molar-refractivity contribution in [1.29, 1.82) is 0 Å². The molecule has 0 unspecified atom stereocenters. The van der Waals surface area contributed by atoms with Gasteiger partial charge in [0.1, 0.15) is 5.69 Å². The number of fused-ring (bicyclic) bond motifs is 1. The summed E-state index contributed by atoms with van der Waals surface area (Å²) in [6.45, 7) is 5.62. The number of imidazole rings is 1. The summed E-state index contributed by atoms with van der Waals surface area (Å²) in [6.07, 6.45) is 2.90. The second kappa shape index (κ2) is 5.86. The summed E-state index contributed by atoms with van der Waals surface area (Å²) in [7, 11) is 1.64. The fourth-order valence-corrected chi connectivity index (χ4v) is 2.05. The molecule has 1 aliphatic heterocycles. The summed E-state index contributed by atoms with van der Waals surface area (Å²) in [4.78, 5) is 18.4. The van der Waals surface area contributed by atoms with E-state index in [1.807, 2.05) is 17.7 Å². The van der Waals surface area contributed by atoms with E-state index in [1.165, 1.54) is 0 Å². The van der Waals surface area contributed by atoms with E-state index >= 15 is 0 Å². The molecule has 0 bridgehead atoms. The molecule has 0 saturated carbocycles. The molecular formula is C12H20N4O2. The molecule has 6 nitrogen and oxygen atoms in total. The Morgan fingerprint density at radius 2 is 2.50 bits per heavy atom. The van der Waals surface area contributed by atoms with Crippen molar-refractivity contribution >= 4 is 11.9 Å². The number of hydrogen-bond donors (Lipinski definition) is 1. The highest BCUT2D eigenvalue weighted by Gasteiger charge is 2.20. The van der Waals surface area contributed by atoms with Gasteiger partial charge in [-0.3, -0.25) is 4.79 Å². The Labute approximate surface area is 107 Å². The zero-order chi connectivity index (χ0) is 13.0. The zero-order valence-corrected chi connectivity index (χ0v) is 11.0. The monoisotopic (exact) mass is 252 g/mol. The van der Waals surface area contributed by atoms with E-state index in [0.717, 1.165) is 25.5 Å². The van der Waals surface area contributed by atoms with Crippen molar-refractivity contribution < 1.29 is 9.53 Å². The predicted octanol–water partition coefficient (Wildman–Crippen LogP) is 0.807. The van der Waals surface area contributed by atoms with Gasteiger partial charge >= 0.3 is 0 Å². The minimum Gasteiger partial charge on any atom is -0.383 e. The number of aryl methyl sites for hydroxylation is 1. The topological polar surface area (TPSA) is 59.4 Å². The first-order chi connectivity index (χ1) is 8.76. The van der Waals surface area contributed by atoms with Crippen LogP contribution in [-0.4, -0.2) is 53.7 Å². The van der Waals surface area contributed by atoms with Crippen LogP contribution < -0.4 is 5.32 Å².